The summed E-state index contributed by atoms with van der Waals surface area (Å²) in [6, 6.07) is 8.29. The van der Waals surface area contributed by atoms with Gasteiger partial charge in [0.15, 0.2) is 11.6 Å². The highest BCUT2D eigenvalue weighted by Gasteiger charge is 2.34. The van der Waals surface area contributed by atoms with Crippen LogP contribution in [0.4, 0.5) is 19.0 Å². The number of piperazine rings is 1. The molecule has 0 saturated carbocycles. The van der Waals surface area contributed by atoms with E-state index < -0.39 is 29.4 Å². The Hall–Kier alpha value is -3.82. The molecule has 12 heteroatoms. The summed E-state index contributed by atoms with van der Waals surface area (Å²) >= 11 is 1.60. The lowest BCUT2D eigenvalue weighted by Gasteiger charge is -2.41. The lowest BCUT2D eigenvalue weighted by atomic mass is 9.98. The first kappa shape index (κ1) is 30.2. The third kappa shape index (κ3) is 5.71. The summed E-state index contributed by atoms with van der Waals surface area (Å²) in [6.45, 7) is 4.71. The first-order chi connectivity index (χ1) is 21.3. The number of likely N-dealkylation sites (N-methyl/N-ethyl adjacent to an activating group) is 1. The highest BCUT2D eigenvalue weighted by molar-refractivity contribution is 7.99. The van der Waals surface area contributed by atoms with E-state index in [1.165, 1.54) is 11.0 Å². The molecule has 2 aromatic carbocycles. The number of ether oxygens (including phenoxy) is 1. The Kier molecular flexibility index (Phi) is 8.69. The molecule has 2 saturated heterocycles. The number of aryl methyl sites for hydroxylation is 1. The van der Waals surface area contributed by atoms with Crippen LogP contribution >= 0.6 is 11.8 Å². The van der Waals surface area contributed by atoms with Gasteiger partial charge in [-0.3, -0.25) is 4.79 Å². The molecular formula is C32H33F3N6O2S. The van der Waals surface area contributed by atoms with Crippen molar-refractivity contribution in [2.24, 2.45) is 0 Å². The first-order valence-corrected chi connectivity index (χ1v) is 15.8. The number of anilines is 1. The smallest absolute Gasteiger partial charge is 0.319 e. The van der Waals surface area contributed by atoms with E-state index in [0.29, 0.717) is 12.2 Å². The van der Waals surface area contributed by atoms with Gasteiger partial charge < -0.3 is 19.4 Å². The van der Waals surface area contributed by atoms with Gasteiger partial charge in [0.1, 0.15) is 23.8 Å². The maximum Gasteiger partial charge on any atom is 0.319 e. The summed E-state index contributed by atoms with van der Waals surface area (Å²) < 4.78 is 52.5. The van der Waals surface area contributed by atoms with Gasteiger partial charge in [-0.15, -0.1) is 11.8 Å². The largest absolute Gasteiger partial charge is 0.462 e. The van der Waals surface area contributed by atoms with E-state index in [1.54, 1.807) is 22.7 Å². The molecule has 3 aliphatic rings. The van der Waals surface area contributed by atoms with Crippen molar-refractivity contribution in [3.63, 3.8) is 0 Å². The average Bonchev–Trinajstić information content (AvgIpc) is 3.44. The number of fused-ring (bicyclic) bond motifs is 2. The van der Waals surface area contributed by atoms with Gasteiger partial charge in [-0.2, -0.15) is 15.2 Å². The van der Waals surface area contributed by atoms with Crippen molar-refractivity contribution in [2.75, 3.05) is 50.5 Å². The Bertz CT molecular complexity index is 1660. The van der Waals surface area contributed by atoms with Crippen molar-refractivity contribution in [3.8, 4) is 23.2 Å². The minimum Gasteiger partial charge on any atom is -0.462 e. The lowest BCUT2D eigenvalue weighted by Crippen LogP contribution is -2.55. The molecule has 0 bridgehead atoms. The van der Waals surface area contributed by atoms with Gasteiger partial charge in [0.25, 0.3) is 5.91 Å². The van der Waals surface area contributed by atoms with E-state index >= 15 is 8.78 Å². The number of carbonyl (C=O) groups excluding carboxylic acids is 1. The summed E-state index contributed by atoms with van der Waals surface area (Å²) in [5, 5.41) is 9.60. The van der Waals surface area contributed by atoms with Crippen molar-refractivity contribution in [2.45, 2.75) is 49.1 Å². The summed E-state index contributed by atoms with van der Waals surface area (Å²) in [5.74, 6) is -2.44. The number of amides is 1. The number of rotatable bonds is 7. The number of halogens is 3. The van der Waals surface area contributed by atoms with Gasteiger partial charge in [-0.05, 0) is 56.7 Å². The predicted molar refractivity (Wildman–Crippen MR) is 163 cm³/mol. The minimum atomic E-state index is -1.11. The number of likely N-dealkylation sites (tertiary alicyclic amines) is 1. The zero-order valence-corrected chi connectivity index (χ0v) is 25.3. The van der Waals surface area contributed by atoms with Gasteiger partial charge in [-0.25, -0.2) is 13.2 Å². The topological polar surface area (TPSA) is 85.6 Å². The third-order valence-electron chi connectivity index (χ3n) is 8.72. The molecule has 0 unspecified atom stereocenters. The van der Waals surface area contributed by atoms with E-state index in [0.717, 1.165) is 48.4 Å². The summed E-state index contributed by atoms with van der Waals surface area (Å²) in [6.07, 6.45) is 3.77. The maximum atomic E-state index is 16.6. The fourth-order valence-corrected chi connectivity index (χ4v) is 7.58. The number of nitriles is 1. The molecule has 0 N–H and O–H groups in total. The second-order valence-corrected chi connectivity index (χ2v) is 12.6. The second kappa shape index (κ2) is 12.7. The van der Waals surface area contributed by atoms with E-state index in [9.17, 15) is 14.4 Å². The van der Waals surface area contributed by atoms with Gasteiger partial charge >= 0.3 is 6.01 Å². The highest BCUT2D eigenvalue weighted by atomic mass is 32.2. The molecule has 8 nitrogen and oxygen atoms in total. The predicted octanol–water partition coefficient (Wildman–Crippen LogP) is 5.50. The Morgan fingerprint density at radius 2 is 2.05 bits per heavy atom. The number of thioether (sulfide) groups is 1. The van der Waals surface area contributed by atoms with Crippen molar-refractivity contribution < 1.29 is 22.7 Å². The van der Waals surface area contributed by atoms with Crippen LogP contribution in [-0.2, 0) is 11.2 Å². The fraction of sp³-hybridized carbons (Fsp3) is 0.438. The number of hydrogen-bond acceptors (Lipinski definition) is 8. The van der Waals surface area contributed by atoms with Gasteiger partial charge in [0.2, 0.25) is 0 Å². The number of benzene rings is 2. The van der Waals surface area contributed by atoms with Crippen LogP contribution in [0.3, 0.4) is 0 Å². The van der Waals surface area contributed by atoms with Crippen LogP contribution in [0, 0.1) is 23.0 Å². The zero-order valence-electron chi connectivity index (χ0n) is 24.5. The van der Waals surface area contributed by atoms with Crippen molar-refractivity contribution >= 4 is 34.4 Å². The number of hydrogen-bond donors (Lipinski definition) is 0. The van der Waals surface area contributed by atoms with Crippen LogP contribution in [0.5, 0.6) is 6.01 Å². The molecule has 2 atom stereocenters. The van der Waals surface area contributed by atoms with E-state index in [1.807, 2.05) is 25.2 Å². The van der Waals surface area contributed by atoms with Crippen LogP contribution in [0.2, 0.25) is 0 Å². The molecule has 0 aliphatic carbocycles. The molecule has 230 valence electrons. The Balaban J connectivity index is 1.45. The molecule has 1 aromatic heterocycles. The fourth-order valence-electron chi connectivity index (χ4n) is 6.41. The number of aromatic nitrogens is 2. The normalized spacial score (nSPS) is 20.4. The Morgan fingerprint density at radius 1 is 1.20 bits per heavy atom. The molecule has 0 spiro atoms. The standard InChI is InChI=1S/C32H33F3N6O2S/c1-19(33)31(42)41-14-13-40(17-21(41)10-11-36)30-24-16-25(34)26(23-9-3-6-20-7-5-15-44-29(20)23)27(35)28(24)37-32(38-30)43-18-22-8-4-12-39(22)2/h3,6,9,16,21-22H,1,4-5,7-8,10,12-15,17-18H2,2H3/t21-,22-/m0/s1. The molecule has 4 heterocycles. The molecule has 3 aromatic rings. The third-order valence-corrected chi connectivity index (χ3v) is 9.99. The average molecular weight is 623 g/mol. The van der Waals surface area contributed by atoms with Gasteiger partial charge in [-0.1, -0.05) is 24.8 Å². The molecule has 0 radical (unpaired) electrons. The quantitative estimate of drug-likeness (QED) is 0.320. The first-order valence-electron chi connectivity index (χ1n) is 14.8. The molecular weight excluding hydrogens is 589 g/mol. The molecule has 3 aliphatic heterocycles. The van der Waals surface area contributed by atoms with Crippen LogP contribution in [0.1, 0.15) is 31.2 Å². The van der Waals surface area contributed by atoms with E-state index in [4.69, 9.17) is 4.74 Å². The van der Waals surface area contributed by atoms with Crippen LogP contribution in [0.25, 0.3) is 22.0 Å². The monoisotopic (exact) mass is 622 g/mol. The number of carbonyl (C=O) groups is 1. The summed E-state index contributed by atoms with van der Waals surface area (Å²) in [5.41, 5.74) is 1.34. The second-order valence-electron chi connectivity index (χ2n) is 11.5. The van der Waals surface area contributed by atoms with Crippen molar-refractivity contribution in [1.82, 2.24) is 19.8 Å². The molecule has 1 amide bonds. The molecule has 6 rings (SSSR count). The number of nitrogens with zero attached hydrogens (tertiary/aromatic N) is 6. The highest BCUT2D eigenvalue weighted by Crippen LogP contribution is 2.43. The molecule has 2 fully saturated rings. The lowest BCUT2D eigenvalue weighted by molar-refractivity contribution is -0.131. The van der Waals surface area contributed by atoms with Crippen LogP contribution in [0.15, 0.2) is 41.6 Å². The van der Waals surface area contributed by atoms with E-state index in [2.05, 4.69) is 21.4 Å². The van der Waals surface area contributed by atoms with Crippen LogP contribution < -0.4 is 9.64 Å². The summed E-state index contributed by atoms with van der Waals surface area (Å²) in [4.78, 5) is 27.7. The van der Waals surface area contributed by atoms with Crippen molar-refractivity contribution in [1.29, 1.82) is 5.26 Å². The molecule has 44 heavy (non-hydrogen) atoms. The SMILES string of the molecule is C=C(F)C(=O)N1CCN(c2nc(OC[C@@H]3CCCN3C)nc3c(F)c(-c4cccc5c4SCCC5)c(F)cc23)C[C@@H]1CC#N. The van der Waals surface area contributed by atoms with Gasteiger partial charge in [0, 0.05) is 41.5 Å². The zero-order chi connectivity index (χ0) is 31.0. The summed E-state index contributed by atoms with van der Waals surface area (Å²) in [7, 11) is 2.02. The van der Waals surface area contributed by atoms with Crippen molar-refractivity contribution in [3.05, 3.63) is 53.9 Å². The van der Waals surface area contributed by atoms with Gasteiger partial charge in [0.05, 0.1) is 24.1 Å². The Morgan fingerprint density at radius 3 is 2.80 bits per heavy atom. The Labute approximate surface area is 258 Å². The minimum absolute atomic E-state index is 0.0406. The maximum absolute atomic E-state index is 16.6. The van der Waals surface area contributed by atoms with E-state index in [-0.39, 0.29) is 60.4 Å². The van der Waals surface area contributed by atoms with Crippen LogP contribution in [-0.4, -0.2) is 83.3 Å².